The molecule has 10 heteroatoms. The van der Waals surface area contributed by atoms with Crippen LogP contribution in [-0.4, -0.2) is 92.0 Å². The van der Waals surface area contributed by atoms with E-state index in [2.05, 4.69) is 12.2 Å². The van der Waals surface area contributed by atoms with Crippen LogP contribution in [0.4, 0.5) is 0 Å². The third-order valence-electron chi connectivity index (χ3n) is 6.72. The SMILES string of the molecule is CCCCCCCCCCCCCCCNC1[C@H](O)[C@@H](N)[C@H]([C@H](O)[C@H](O)CO)OC1(O)C(=O)O. The zero-order valence-corrected chi connectivity index (χ0v) is 20.6. The van der Waals surface area contributed by atoms with E-state index in [1.165, 1.54) is 57.8 Å². The van der Waals surface area contributed by atoms with Crippen molar-refractivity contribution in [3.8, 4) is 0 Å². The lowest BCUT2D eigenvalue weighted by Gasteiger charge is -2.48. The first-order chi connectivity index (χ1) is 16.2. The standard InChI is InChI=1S/C24H48N2O8/c1-2-3-4-5-6-7-8-9-10-11-12-13-14-15-26-22-20(30)18(25)21(19(29)17(28)16-27)34-24(22,33)23(31)32/h17-22,26-30,33H,2-16,25H2,1H3,(H,31,32)/t17-,18-,19-,20-,21-,22?,24?/m1/s1. The van der Waals surface area contributed by atoms with Crippen LogP contribution in [0.2, 0.25) is 0 Å². The molecule has 0 aromatic carbocycles. The third-order valence-corrected chi connectivity index (χ3v) is 6.72. The summed E-state index contributed by atoms with van der Waals surface area (Å²) in [6, 6.07) is -2.72. The summed E-state index contributed by atoms with van der Waals surface area (Å²) in [4.78, 5) is 11.7. The summed E-state index contributed by atoms with van der Waals surface area (Å²) < 4.78 is 5.17. The van der Waals surface area contributed by atoms with Gasteiger partial charge >= 0.3 is 5.97 Å². The number of carboxylic acid groups (broad SMARTS) is 1. The van der Waals surface area contributed by atoms with Crippen LogP contribution >= 0.6 is 0 Å². The molecule has 1 heterocycles. The molecule has 10 nitrogen and oxygen atoms in total. The van der Waals surface area contributed by atoms with Crippen molar-refractivity contribution in [2.75, 3.05) is 13.2 Å². The van der Waals surface area contributed by atoms with Gasteiger partial charge in [0.25, 0.3) is 5.79 Å². The quantitative estimate of drug-likeness (QED) is 0.119. The fourth-order valence-corrected chi connectivity index (χ4v) is 4.47. The van der Waals surface area contributed by atoms with Gasteiger partial charge in [-0.25, -0.2) is 4.79 Å². The van der Waals surface area contributed by atoms with Crippen molar-refractivity contribution >= 4 is 5.97 Å². The average molecular weight is 493 g/mol. The van der Waals surface area contributed by atoms with E-state index in [0.29, 0.717) is 6.54 Å². The van der Waals surface area contributed by atoms with Crippen molar-refractivity contribution in [2.45, 2.75) is 133 Å². The summed E-state index contributed by atoms with van der Waals surface area (Å²) in [5.41, 5.74) is 5.91. The second kappa shape index (κ2) is 16.8. The van der Waals surface area contributed by atoms with Gasteiger partial charge in [-0.1, -0.05) is 84.0 Å². The fourth-order valence-electron chi connectivity index (χ4n) is 4.47. The third kappa shape index (κ3) is 9.66. The van der Waals surface area contributed by atoms with Crippen LogP contribution in [-0.2, 0) is 9.53 Å². The topological polar surface area (TPSA) is 186 Å². The molecule has 202 valence electrons. The number of aliphatic hydroxyl groups is 5. The van der Waals surface area contributed by atoms with Crippen LogP contribution in [0.3, 0.4) is 0 Å². The summed E-state index contributed by atoms with van der Waals surface area (Å²) in [5, 5.41) is 62.3. The summed E-state index contributed by atoms with van der Waals surface area (Å²) in [6.07, 6.45) is 8.91. The fraction of sp³-hybridized carbons (Fsp3) is 0.958. The van der Waals surface area contributed by atoms with Gasteiger partial charge in [-0.05, 0) is 13.0 Å². The Labute approximate surface area is 203 Å². The van der Waals surface area contributed by atoms with Gasteiger partial charge in [0.1, 0.15) is 24.4 Å². The van der Waals surface area contributed by atoms with Crippen LogP contribution < -0.4 is 11.1 Å². The minimum absolute atomic E-state index is 0.345. The minimum Gasteiger partial charge on any atom is -0.477 e. The molecule has 0 aromatic rings. The first kappa shape index (κ1) is 31.2. The first-order valence-electron chi connectivity index (χ1n) is 13.0. The van der Waals surface area contributed by atoms with E-state index in [1.54, 1.807) is 0 Å². The van der Waals surface area contributed by atoms with E-state index < -0.39 is 54.9 Å². The number of aliphatic hydroxyl groups excluding tert-OH is 4. The Morgan fingerprint density at radius 2 is 1.44 bits per heavy atom. The van der Waals surface area contributed by atoms with Gasteiger partial charge in [-0.3, -0.25) is 0 Å². The number of carboxylic acids is 1. The highest BCUT2D eigenvalue weighted by atomic mass is 16.7. The smallest absolute Gasteiger partial charge is 0.366 e. The van der Waals surface area contributed by atoms with Gasteiger partial charge in [0.05, 0.1) is 18.8 Å². The Bertz CT molecular complexity index is 555. The second-order valence-corrected chi connectivity index (χ2v) is 9.57. The van der Waals surface area contributed by atoms with E-state index in [0.717, 1.165) is 25.7 Å². The molecule has 1 aliphatic heterocycles. The Morgan fingerprint density at radius 1 is 0.971 bits per heavy atom. The Balaban J connectivity index is 2.33. The monoisotopic (exact) mass is 492 g/mol. The zero-order valence-electron chi connectivity index (χ0n) is 20.6. The maximum atomic E-state index is 11.7. The zero-order chi connectivity index (χ0) is 25.6. The molecule has 7 atom stereocenters. The molecule has 0 aliphatic carbocycles. The van der Waals surface area contributed by atoms with Crippen molar-refractivity contribution in [2.24, 2.45) is 5.73 Å². The van der Waals surface area contributed by atoms with Crippen LogP contribution in [0.1, 0.15) is 90.4 Å². The van der Waals surface area contributed by atoms with E-state index in [-0.39, 0.29) is 0 Å². The molecule has 0 amide bonds. The van der Waals surface area contributed by atoms with Crippen LogP contribution in [0, 0.1) is 0 Å². The van der Waals surface area contributed by atoms with Crippen LogP contribution in [0.25, 0.3) is 0 Å². The van der Waals surface area contributed by atoms with Crippen molar-refractivity contribution in [1.82, 2.24) is 5.32 Å². The number of unbranched alkanes of at least 4 members (excludes halogenated alkanes) is 12. The number of nitrogens with two attached hydrogens (primary N) is 1. The predicted octanol–water partition coefficient (Wildman–Crippen LogP) is 0.610. The molecular formula is C24H48N2O8. The molecular weight excluding hydrogens is 444 g/mol. The molecule has 1 saturated heterocycles. The molecule has 0 spiro atoms. The van der Waals surface area contributed by atoms with Gasteiger partial charge in [-0.2, -0.15) is 0 Å². The maximum absolute atomic E-state index is 11.7. The highest BCUT2D eigenvalue weighted by Crippen LogP contribution is 2.30. The average Bonchev–Trinajstić information content (AvgIpc) is 2.82. The van der Waals surface area contributed by atoms with Gasteiger partial charge in [0.15, 0.2) is 0 Å². The van der Waals surface area contributed by atoms with Gasteiger partial charge in [0, 0.05) is 0 Å². The molecule has 2 unspecified atom stereocenters. The van der Waals surface area contributed by atoms with E-state index in [9.17, 15) is 30.3 Å². The summed E-state index contributed by atoms with van der Waals surface area (Å²) in [5.74, 6) is -4.61. The van der Waals surface area contributed by atoms with Gasteiger partial charge < -0.3 is 46.4 Å². The lowest BCUT2D eigenvalue weighted by atomic mass is 9.85. The number of nitrogens with one attached hydrogen (secondary N) is 1. The molecule has 0 aromatic heterocycles. The molecule has 1 fully saturated rings. The van der Waals surface area contributed by atoms with E-state index in [4.69, 9.17) is 15.6 Å². The van der Waals surface area contributed by atoms with Crippen molar-refractivity contribution < 1.29 is 40.2 Å². The van der Waals surface area contributed by atoms with Crippen molar-refractivity contribution in [1.29, 1.82) is 0 Å². The highest BCUT2D eigenvalue weighted by Gasteiger charge is 2.59. The summed E-state index contributed by atoms with van der Waals surface area (Å²) >= 11 is 0. The number of hydrogen-bond donors (Lipinski definition) is 8. The largest absolute Gasteiger partial charge is 0.477 e. The first-order valence-corrected chi connectivity index (χ1v) is 13.0. The maximum Gasteiger partial charge on any atom is 0.366 e. The molecule has 0 radical (unpaired) electrons. The summed E-state index contributed by atoms with van der Waals surface area (Å²) in [6.45, 7) is 1.75. The van der Waals surface area contributed by atoms with Crippen LogP contribution in [0.15, 0.2) is 0 Å². The normalized spacial score (nSPS) is 29.1. The number of rotatable bonds is 19. The molecule has 0 saturated carbocycles. The molecule has 1 rings (SSSR count). The lowest BCUT2D eigenvalue weighted by Crippen LogP contribution is -2.75. The second-order valence-electron chi connectivity index (χ2n) is 9.57. The Hall–Kier alpha value is -0.850. The Kier molecular flexibility index (Phi) is 15.4. The molecule has 1 aliphatic rings. The molecule has 9 N–H and O–H groups in total. The van der Waals surface area contributed by atoms with Gasteiger partial charge in [-0.15, -0.1) is 0 Å². The highest BCUT2D eigenvalue weighted by molar-refractivity contribution is 5.77. The number of carbonyl (C=O) groups is 1. The van der Waals surface area contributed by atoms with E-state index >= 15 is 0 Å². The van der Waals surface area contributed by atoms with E-state index in [1.807, 2.05) is 0 Å². The van der Waals surface area contributed by atoms with Crippen molar-refractivity contribution in [3.63, 3.8) is 0 Å². The van der Waals surface area contributed by atoms with Gasteiger partial charge in [0.2, 0.25) is 0 Å². The Morgan fingerprint density at radius 3 is 1.88 bits per heavy atom. The number of hydrogen-bond acceptors (Lipinski definition) is 9. The minimum atomic E-state index is -2.85. The van der Waals surface area contributed by atoms with Crippen LogP contribution in [0.5, 0.6) is 0 Å². The summed E-state index contributed by atoms with van der Waals surface area (Å²) in [7, 11) is 0. The number of ether oxygens (including phenoxy) is 1. The lowest BCUT2D eigenvalue weighted by molar-refractivity contribution is -0.304. The number of aliphatic carboxylic acids is 1. The molecule has 0 bridgehead atoms. The molecule has 34 heavy (non-hydrogen) atoms. The predicted molar refractivity (Wildman–Crippen MR) is 128 cm³/mol. The van der Waals surface area contributed by atoms with Crippen molar-refractivity contribution in [3.05, 3.63) is 0 Å².